The lowest BCUT2D eigenvalue weighted by atomic mass is 10.1. The summed E-state index contributed by atoms with van der Waals surface area (Å²) < 4.78 is 32.4. The van der Waals surface area contributed by atoms with E-state index < -0.39 is 10.0 Å². The molecule has 0 saturated carbocycles. The molecule has 2 aromatic rings. The zero-order valence-corrected chi connectivity index (χ0v) is 20.0. The second-order valence-corrected chi connectivity index (χ2v) is 11.0. The normalized spacial score (nSPS) is 21.7. The predicted molar refractivity (Wildman–Crippen MR) is 128 cm³/mol. The van der Waals surface area contributed by atoms with Crippen LogP contribution in [0.25, 0.3) is 0 Å². The van der Waals surface area contributed by atoms with Crippen LogP contribution in [0.1, 0.15) is 16.7 Å². The van der Waals surface area contributed by atoms with Crippen LogP contribution in [0.2, 0.25) is 0 Å². The van der Waals surface area contributed by atoms with Gasteiger partial charge in [0, 0.05) is 52.4 Å². The first-order chi connectivity index (χ1) is 15.9. The zero-order chi connectivity index (χ0) is 23.3. The molecule has 0 N–H and O–H groups in total. The Balaban J connectivity index is 1.26. The maximum absolute atomic E-state index is 12.3. The topological polar surface area (TPSA) is 76.9 Å². The number of hydrogen-bond donors (Lipinski definition) is 0. The Hall–Kier alpha value is -2.28. The van der Waals surface area contributed by atoms with Crippen molar-refractivity contribution in [1.29, 1.82) is 5.26 Å². The van der Waals surface area contributed by atoms with Crippen molar-refractivity contribution in [3.8, 4) is 6.07 Å². The van der Waals surface area contributed by atoms with Crippen LogP contribution in [-0.2, 0) is 27.7 Å². The van der Waals surface area contributed by atoms with Crippen molar-refractivity contribution in [1.82, 2.24) is 14.1 Å². The van der Waals surface area contributed by atoms with Gasteiger partial charge in [-0.15, -0.1) is 0 Å². The van der Waals surface area contributed by atoms with E-state index in [-0.39, 0.29) is 12.2 Å². The zero-order valence-electron chi connectivity index (χ0n) is 19.1. The molecule has 0 aliphatic carbocycles. The van der Waals surface area contributed by atoms with E-state index in [4.69, 9.17) is 10.00 Å². The Morgan fingerprint density at radius 3 is 2.12 bits per heavy atom. The van der Waals surface area contributed by atoms with Gasteiger partial charge in [0.25, 0.3) is 0 Å². The van der Waals surface area contributed by atoms with E-state index >= 15 is 0 Å². The molecule has 176 valence electrons. The summed E-state index contributed by atoms with van der Waals surface area (Å²) in [7, 11) is -3.28. The maximum Gasteiger partial charge on any atom is 0.211 e. The second-order valence-electron chi connectivity index (χ2n) is 9.04. The highest BCUT2D eigenvalue weighted by molar-refractivity contribution is 7.88. The number of nitriles is 1. The van der Waals surface area contributed by atoms with Crippen LogP contribution in [0.4, 0.5) is 0 Å². The Kier molecular flexibility index (Phi) is 7.78. The summed E-state index contributed by atoms with van der Waals surface area (Å²) in [6.07, 6.45) is 2.55. The van der Waals surface area contributed by atoms with Gasteiger partial charge in [-0.1, -0.05) is 42.5 Å². The number of rotatable bonds is 9. The van der Waals surface area contributed by atoms with Gasteiger partial charge in [-0.3, -0.25) is 9.80 Å². The van der Waals surface area contributed by atoms with Crippen molar-refractivity contribution >= 4 is 10.0 Å². The third-order valence-electron chi connectivity index (χ3n) is 6.37. The number of nitrogens with zero attached hydrogens (tertiary/aromatic N) is 4. The molecule has 0 aromatic heterocycles. The van der Waals surface area contributed by atoms with Crippen molar-refractivity contribution in [2.75, 3.05) is 52.1 Å². The molecule has 2 fully saturated rings. The van der Waals surface area contributed by atoms with E-state index in [1.54, 1.807) is 4.31 Å². The third-order valence-corrected chi connectivity index (χ3v) is 7.62. The van der Waals surface area contributed by atoms with Gasteiger partial charge in [0.05, 0.1) is 30.1 Å². The Morgan fingerprint density at radius 1 is 0.939 bits per heavy atom. The Bertz CT molecular complexity index is 1040. The summed E-state index contributed by atoms with van der Waals surface area (Å²) >= 11 is 0. The molecule has 2 bridgehead atoms. The number of fused-ring (bicyclic) bond motifs is 2. The molecule has 0 radical (unpaired) electrons. The van der Waals surface area contributed by atoms with Gasteiger partial charge in [-0.2, -0.15) is 9.57 Å². The molecule has 2 saturated heterocycles. The predicted octanol–water partition coefficient (Wildman–Crippen LogP) is 1.95. The largest absolute Gasteiger partial charge is 0.370 e. The van der Waals surface area contributed by atoms with E-state index in [0.717, 1.165) is 44.7 Å². The Labute approximate surface area is 197 Å². The lowest BCUT2D eigenvalue weighted by Gasteiger charge is -2.46. The third kappa shape index (κ3) is 6.85. The van der Waals surface area contributed by atoms with E-state index in [2.05, 4.69) is 15.9 Å². The summed E-state index contributed by atoms with van der Waals surface area (Å²) in [5, 5.41) is 8.94. The molecule has 2 atom stereocenters. The molecule has 2 aliphatic heterocycles. The van der Waals surface area contributed by atoms with Crippen LogP contribution in [0.5, 0.6) is 0 Å². The van der Waals surface area contributed by atoms with Crippen LogP contribution in [0, 0.1) is 11.3 Å². The summed E-state index contributed by atoms with van der Waals surface area (Å²) in [5.74, 6) is 0. The first-order valence-electron chi connectivity index (χ1n) is 11.5. The van der Waals surface area contributed by atoms with Crippen molar-refractivity contribution in [3.05, 3.63) is 71.3 Å². The van der Waals surface area contributed by atoms with Crippen LogP contribution in [-0.4, -0.2) is 86.8 Å². The lowest BCUT2D eigenvalue weighted by molar-refractivity contribution is -0.138. The van der Waals surface area contributed by atoms with Gasteiger partial charge in [0.15, 0.2) is 0 Å². The van der Waals surface area contributed by atoms with Gasteiger partial charge in [-0.05, 0) is 29.7 Å². The first kappa shape index (κ1) is 23.9. The molecule has 4 rings (SSSR count). The van der Waals surface area contributed by atoms with Crippen LogP contribution in [0.15, 0.2) is 54.6 Å². The fourth-order valence-electron chi connectivity index (χ4n) is 4.66. The van der Waals surface area contributed by atoms with E-state index in [1.807, 2.05) is 54.6 Å². The highest BCUT2D eigenvalue weighted by atomic mass is 32.2. The minimum atomic E-state index is -3.28. The minimum absolute atomic E-state index is 0.152. The average Bonchev–Trinajstić information content (AvgIpc) is 2.80. The van der Waals surface area contributed by atoms with Gasteiger partial charge in [0.2, 0.25) is 10.0 Å². The Morgan fingerprint density at radius 2 is 1.55 bits per heavy atom. The van der Waals surface area contributed by atoms with Gasteiger partial charge in [-0.25, -0.2) is 8.42 Å². The van der Waals surface area contributed by atoms with Crippen LogP contribution >= 0.6 is 0 Å². The van der Waals surface area contributed by atoms with Crippen molar-refractivity contribution in [2.24, 2.45) is 0 Å². The molecule has 0 amide bonds. The fourth-order valence-corrected chi connectivity index (χ4v) is 5.46. The smallest absolute Gasteiger partial charge is 0.211 e. The highest BCUT2D eigenvalue weighted by Gasteiger charge is 2.34. The first-order valence-corrected chi connectivity index (χ1v) is 13.3. The van der Waals surface area contributed by atoms with Gasteiger partial charge < -0.3 is 4.74 Å². The summed E-state index contributed by atoms with van der Waals surface area (Å²) in [6.45, 7) is 6.00. The average molecular weight is 469 g/mol. The molecular formula is C25H32N4O3S. The molecule has 7 nitrogen and oxygen atoms in total. The number of hydrogen-bond acceptors (Lipinski definition) is 6. The fraction of sp³-hybridized carbons (Fsp3) is 0.480. The highest BCUT2D eigenvalue weighted by Crippen LogP contribution is 2.20. The van der Waals surface area contributed by atoms with Gasteiger partial charge >= 0.3 is 0 Å². The number of morpholine rings is 2. The summed E-state index contributed by atoms with van der Waals surface area (Å²) in [5.41, 5.74) is 2.93. The summed E-state index contributed by atoms with van der Waals surface area (Å²) in [4.78, 5) is 4.81. The number of benzene rings is 2. The molecule has 2 unspecified atom stereocenters. The SMILES string of the molecule is CS(=O)(=O)N(CCN1CC2CN(CCc3ccc(C#N)cc3)CC(C1)O2)Cc1ccccc1. The van der Waals surface area contributed by atoms with Crippen molar-refractivity contribution in [2.45, 2.75) is 25.2 Å². The standard InChI is InChI=1S/C25H32N4O3S/c1-33(30,31)29(16-23-5-3-2-4-6-23)14-13-28-19-24-17-27(18-25(20-28)32-24)12-11-21-7-9-22(15-26)10-8-21/h2-10,24-25H,11-14,16-20H2,1H3. The molecule has 0 spiro atoms. The van der Waals surface area contributed by atoms with Crippen molar-refractivity contribution in [3.63, 3.8) is 0 Å². The van der Waals surface area contributed by atoms with Crippen LogP contribution in [0.3, 0.4) is 0 Å². The van der Waals surface area contributed by atoms with Crippen LogP contribution < -0.4 is 0 Å². The molecule has 2 aliphatic rings. The molecule has 33 heavy (non-hydrogen) atoms. The molecule has 2 heterocycles. The van der Waals surface area contributed by atoms with Gasteiger partial charge in [0.1, 0.15) is 0 Å². The lowest BCUT2D eigenvalue weighted by Crippen LogP contribution is -2.60. The molecule has 2 aromatic carbocycles. The quantitative estimate of drug-likeness (QED) is 0.560. The van der Waals surface area contributed by atoms with Crippen molar-refractivity contribution < 1.29 is 13.2 Å². The van der Waals surface area contributed by atoms with E-state index in [0.29, 0.717) is 25.2 Å². The van der Waals surface area contributed by atoms with E-state index in [1.165, 1.54) is 11.8 Å². The van der Waals surface area contributed by atoms with E-state index in [9.17, 15) is 8.42 Å². The monoisotopic (exact) mass is 468 g/mol. The number of ether oxygens (including phenoxy) is 1. The molecular weight excluding hydrogens is 436 g/mol. The maximum atomic E-state index is 12.3. The number of sulfonamides is 1. The summed E-state index contributed by atoms with van der Waals surface area (Å²) in [6, 6.07) is 19.7. The molecule has 8 heteroatoms. The minimum Gasteiger partial charge on any atom is -0.370 e. The second kappa shape index (κ2) is 10.8.